The van der Waals surface area contributed by atoms with Crippen molar-refractivity contribution >= 4 is 16.4 Å². The van der Waals surface area contributed by atoms with Gasteiger partial charge in [0.1, 0.15) is 17.1 Å². The van der Waals surface area contributed by atoms with Crippen molar-refractivity contribution in [1.82, 2.24) is 9.38 Å². The van der Waals surface area contributed by atoms with Gasteiger partial charge in [-0.05, 0) is 52.4 Å². The van der Waals surface area contributed by atoms with Gasteiger partial charge in [0, 0.05) is 28.9 Å². The van der Waals surface area contributed by atoms with Gasteiger partial charge in [-0.15, -0.1) is 0 Å². The molecule has 0 atom stereocenters. The molecule has 1 aliphatic heterocycles. The van der Waals surface area contributed by atoms with Gasteiger partial charge in [-0.3, -0.25) is 0 Å². The molecular weight excluding hydrogens is 392 g/mol. The molecule has 3 heterocycles. The first-order chi connectivity index (χ1) is 15.8. The highest BCUT2D eigenvalue weighted by atomic mass is 16.5. The molecule has 0 unspecified atom stereocenters. The van der Waals surface area contributed by atoms with Gasteiger partial charge in [0.05, 0.1) is 5.69 Å². The molecule has 0 saturated heterocycles. The summed E-state index contributed by atoms with van der Waals surface area (Å²) in [6.45, 7) is 0. The zero-order valence-electron chi connectivity index (χ0n) is 17.2. The van der Waals surface area contributed by atoms with Crippen LogP contribution in [0.1, 0.15) is 0 Å². The Bertz CT molecular complexity index is 1630. The number of para-hydroxylation sites is 1. The van der Waals surface area contributed by atoms with Crippen LogP contribution in [0.2, 0.25) is 0 Å². The van der Waals surface area contributed by atoms with E-state index >= 15 is 0 Å². The zero-order valence-corrected chi connectivity index (χ0v) is 17.2. The monoisotopic (exact) mass is 410 g/mol. The molecule has 3 nitrogen and oxygen atoms in total. The summed E-state index contributed by atoms with van der Waals surface area (Å²) in [6, 6.07) is 33.7. The minimum atomic E-state index is 0.911. The highest BCUT2D eigenvalue weighted by Crippen LogP contribution is 2.48. The smallest absolute Gasteiger partial charge is 0.137 e. The molecule has 0 fully saturated rings. The maximum atomic E-state index is 6.25. The van der Waals surface area contributed by atoms with Crippen molar-refractivity contribution in [3.8, 4) is 45.0 Å². The lowest BCUT2D eigenvalue weighted by Crippen LogP contribution is -1.97. The van der Waals surface area contributed by atoms with Gasteiger partial charge < -0.3 is 9.14 Å². The zero-order chi connectivity index (χ0) is 21.1. The van der Waals surface area contributed by atoms with Gasteiger partial charge in [-0.1, -0.05) is 66.7 Å². The predicted molar refractivity (Wildman–Crippen MR) is 129 cm³/mol. The normalized spacial score (nSPS) is 12.0. The van der Waals surface area contributed by atoms with Gasteiger partial charge in [-0.25, -0.2) is 4.98 Å². The number of imidazole rings is 1. The molecule has 0 N–H and O–H groups in total. The number of hydrogen-bond donors (Lipinski definition) is 0. The first-order valence-corrected chi connectivity index (χ1v) is 10.7. The van der Waals surface area contributed by atoms with E-state index < -0.39 is 0 Å². The third kappa shape index (κ3) is 2.51. The van der Waals surface area contributed by atoms with Gasteiger partial charge >= 0.3 is 0 Å². The standard InChI is InChI=1S/C29H18N2O/c1-2-12-26-22(9-1)24-11-6-10-23-21(14-15-27(32-26)29(23)24)19-7-5-8-20(17-19)25-18-31-16-4-3-13-28(31)30-25/h1-18H. The average molecular weight is 410 g/mol. The molecule has 0 spiro atoms. The van der Waals surface area contributed by atoms with Crippen LogP contribution >= 0.6 is 0 Å². The number of aromatic nitrogens is 2. The lowest BCUT2D eigenvalue weighted by atomic mass is 9.90. The number of rotatable bonds is 2. The molecule has 0 radical (unpaired) electrons. The number of pyridine rings is 1. The maximum absolute atomic E-state index is 6.25. The minimum absolute atomic E-state index is 0.911. The quantitative estimate of drug-likeness (QED) is 0.293. The molecule has 0 saturated carbocycles. The third-order valence-corrected chi connectivity index (χ3v) is 6.23. The molecule has 150 valence electrons. The molecule has 0 bridgehead atoms. The molecule has 3 heteroatoms. The van der Waals surface area contributed by atoms with Gasteiger partial charge in [0.15, 0.2) is 0 Å². The Labute approximate surface area is 185 Å². The van der Waals surface area contributed by atoms with Crippen LogP contribution in [0, 0.1) is 0 Å². The van der Waals surface area contributed by atoms with Gasteiger partial charge in [0.2, 0.25) is 0 Å². The second kappa shape index (κ2) is 6.56. The van der Waals surface area contributed by atoms with Crippen molar-refractivity contribution in [2.24, 2.45) is 0 Å². The first kappa shape index (κ1) is 17.3. The van der Waals surface area contributed by atoms with Crippen LogP contribution in [-0.4, -0.2) is 9.38 Å². The first-order valence-electron chi connectivity index (χ1n) is 10.7. The van der Waals surface area contributed by atoms with Crippen LogP contribution in [0.4, 0.5) is 0 Å². The predicted octanol–water partition coefficient (Wildman–Crippen LogP) is 7.59. The SMILES string of the molecule is c1cc(-c2cn3ccccc3n2)cc(-c2ccc3c4c(cccc24)-c2ccccc2O3)c1. The Morgan fingerprint density at radius 3 is 2.44 bits per heavy atom. The van der Waals surface area contributed by atoms with Gasteiger partial charge in [0.25, 0.3) is 0 Å². The Hall–Kier alpha value is -4.37. The molecule has 1 aliphatic rings. The fraction of sp³-hybridized carbons (Fsp3) is 0. The number of fused-ring (bicyclic) bond motifs is 3. The van der Waals surface area contributed by atoms with Crippen molar-refractivity contribution in [3.63, 3.8) is 0 Å². The Morgan fingerprint density at radius 2 is 1.47 bits per heavy atom. The van der Waals surface area contributed by atoms with E-state index in [4.69, 9.17) is 9.72 Å². The molecule has 0 aliphatic carbocycles. The summed E-state index contributed by atoms with van der Waals surface area (Å²) in [4.78, 5) is 4.80. The molecule has 4 aromatic carbocycles. The molecule has 0 amide bonds. The largest absolute Gasteiger partial charge is 0.456 e. The van der Waals surface area contributed by atoms with Crippen LogP contribution in [0.15, 0.2) is 109 Å². The summed E-state index contributed by atoms with van der Waals surface area (Å²) in [5.74, 6) is 1.82. The van der Waals surface area contributed by atoms with E-state index in [1.165, 1.54) is 27.5 Å². The van der Waals surface area contributed by atoms with Crippen molar-refractivity contribution in [2.75, 3.05) is 0 Å². The molecular formula is C29H18N2O. The Kier molecular flexibility index (Phi) is 3.55. The summed E-state index contributed by atoms with van der Waals surface area (Å²) in [6.07, 6.45) is 4.11. The van der Waals surface area contributed by atoms with Crippen LogP contribution in [0.5, 0.6) is 11.5 Å². The topological polar surface area (TPSA) is 26.5 Å². The minimum Gasteiger partial charge on any atom is -0.456 e. The molecule has 32 heavy (non-hydrogen) atoms. The van der Waals surface area contributed by atoms with E-state index in [9.17, 15) is 0 Å². The summed E-state index contributed by atoms with van der Waals surface area (Å²) in [5, 5.41) is 2.36. The van der Waals surface area contributed by atoms with Gasteiger partial charge in [-0.2, -0.15) is 0 Å². The number of hydrogen-bond acceptors (Lipinski definition) is 2. The summed E-state index contributed by atoms with van der Waals surface area (Å²) in [5.41, 5.74) is 7.75. The lowest BCUT2D eigenvalue weighted by Gasteiger charge is -2.22. The lowest BCUT2D eigenvalue weighted by molar-refractivity contribution is 0.487. The highest BCUT2D eigenvalue weighted by molar-refractivity contribution is 6.09. The Balaban J connectivity index is 1.42. The fourth-order valence-corrected chi connectivity index (χ4v) is 4.75. The molecule has 7 rings (SSSR count). The van der Waals surface area contributed by atoms with E-state index in [1.807, 2.05) is 36.5 Å². The number of ether oxygens (including phenoxy) is 1. The van der Waals surface area contributed by atoms with Crippen molar-refractivity contribution < 1.29 is 4.74 Å². The maximum Gasteiger partial charge on any atom is 0.137 e. The second-order valence-electron chi connectivity index (χ2n) is 8.11. The summed E-state index contributed by atoms with van der Waals surface area (Å²) >= 11 is 0. The van der Waals surface area contributed by atoms with E-state index in [0.29, 0.717) is 0 Å². The number of benzene rings is 4. The average Bonchev–Trinajstić information content (AvgIpc) is 3.29. The third-order valence-electron chi connectivity index (χ3n) is 6.23. The van der Waals surface area contributed by atoms with E-state index in [2.05, 4.69) is 77.3 Å². The molecule has 6 aromatic rings. The summed E-state index contributed by atoms with van der Waals surface area (Å²) in [7, 11) is 0. The van der Waals surface area contributed by atoms with E-state index in [1.54, 1.807) is 0 Å². The van der Waals surface area contributed by atoms with Crippen molar-refractivity contribution in [1.29, 1.82) is 0 Å². The van der Waals surface area contributed by atoms with E-state index in [-0.39, 0.29) is 0 Å². The second-order valence-corrected chi connectivity index (χ2v) is 8.11. The van der Waals surface area contributed by atoms with Crippen molar-refractivity contribution in [2.45, 2.75) is 0 Å². The summed E-state index contributed by atoms with van der Waals surface area (Å²) < 4.78 is 8.31. The molecule has 2 aromatic heterocycles. The fourth-order valence-electron chi connectivity index (χ4n) is 4.75. The highest BCUT2D eigenvalue weighted by Gasteiger charge is 2.21. The van der Waals surface area contributed by atoms with Crippen LogP contribution in [0.3, 0.4) is 0 Å². The van der Waals surface area contributed by atoms with Crippen LogP contribution in [-0.2, 0) is 0 Å². The van der Waals surface area contributed by atoms with Crippen LogP contribution in [0.25, 0.3) is 49.9 Å². The Morgan fingerprint density at radius 1 is 0.625 bits per heavy atom. The van der Waals surface area contributed by atoms with Crippen LogP contribution < -0.4 is 4.74 Å². The van der Waals surface area contributed by atoms with E-state index in [0.717, 1.165) is 34.0 Å². The van der Waals surface area contributed by atoms with Crippen molar-refractivity contribution in [3.05, 3.63) is 109 Å². The number of nitrogens with zero attached hydrogens (tertiary/aromatic N) is 2.